The van der Waals surface area contributed by atoms with E-state index in [1.54, 1.807) is 25.5 Å². The normalized spacial score (nSPS) is 10.8. The van der Waals surface area contributed by atoms with E-state index in [0.29, 0.717) is 28.8 Å². The Balaban J connectivity index is 1.63. The van der Waals surface area contributed by atoms with E-state index in [2.05, 4.69) is 10.5 Å². The highest BCUT2D eigenvalue weighted by Gasteiger charge is 2.06. The molecule has 0 fully saturated rings. The number of hydrogen-bond donors (Lipinski definition) is 1. The van der Waals surface area contributed by atoms with Crippen LogP contribution in [0, 0.1) is 5.82 Å². The summed E-state index contributed by atoms with van der Waals surface area (Å²) in [5.41, 5.74) is 5.38. The van der Waals surface area contributed by atoms with Gasteiger partial charge in [0.15, 0.2) is 11.5 Å². The van der Waals surface area contributed by atoms with Gasteiger partial charge >= 0.3 is 0 Å². The van der Waals surface area contributed by atoms with Crippen LogP contribution in [0.2, 0.25) is 5.02 Å². The largest absolute Gasteiger partial charge is 0.493 e. The fraction of sp³-hybridized carbons (Fsp3) is 0.0952. The van der Waals surface area contributed by atoms with E-state index in [1.165, 1.54) is 12.1 Å². The number of rotatable bonds is 7. The predicted octanol–water partition coefficient (Wildman–Crippen LogP) is 5.51. The van der Waals surface area contributed by atoms with E-state index < -0.39 is 0 Å². The maximum absolute atomic E-state index is 12.9. The Morgan fingerprint density at radius 1 is 1.00 bits per heavy atom. The van der Waals surface area contributed by atoms with Crippen LogP contribution in [-0.2, 0) is 6.61 Å². The summed E-state index contributed by atoms with van der Waals surface area (Å²) in [6, 6.07) is 19.0. The van der Waals surface area contributed by atoms with Gasteiger partial charge in [-0.1, -0.05) is 23.7 Å². The minimum absolute atomic E-state index is 0.288. The summed E-state index contributed by atoms with van der Waals surface area (Å²) < 4.78 is 24.1. The Morgan fingerprint density at radius 3 is 2.44 bits per heavy atom. The first-order valence-electron chi connectivity index (χ1n) is 8.24. The minimum atomic E-state index is -0.288. The lowest BCUT2D eigenvalue weighted by Gasteiger charge is -2.11. The number of methoxy groups -OCH3 is 1. The van der Waals surface area contributed by atoms with Crippen molar-refractivity contribution in [3.05, 3.63) is 88.7 Å². The molecule has 0 saturated carbocycles. The van der Waals surface area contributed by atoms with Gasteiger partial charge < -0.3 is 9.47 Å². The number of benzene rings is 3. The first-order valence-corrected chi connectivity index (χ1v) is 8.62. The van der Waals surface area contributed by atoms with Gasteiger partial charge in [0.25, 0.3) is 0 Å². The van der Waals surface area contributed by atoms with Crippen molar-refractivity contribution in [1.82, 2.24) is 0 Å². The number of hydrazone groups is 1. The molecule has 27 heavy (non-hydrogen) atoms. The molecule has 0 spiro atoms. The van der Waals surface area contributed by atoms with Gasteiger partial charge in [-0.2, -0.15) is 5.10 Å². The van der Waals surface area contributed by atoms with Gasteiger partial charge in [-0.15, -0.1) is 0 Å². The van der Waals surface area contributed by atoms with Gasteiger partial charge in [0.05, 0.1) is 19.0 Å². The van der Waals surface area contributed by atoms with Crippen LogP contribution >= 0.6 is 11.6 Å². The van der Waals surface area contributed by atoms with Crippen molar-refractivity contribution in [2.24, 2.45) is 5.10 Å². The second-order valence-electron chi connectivity index (χ2n) is 5.70. The summed E-state index contributed by atoms with van der Waals surface area (Å²) in [5, 5.41) is 4.83. The fourth-order valence-electron chi connectivity index (χ4n) is 2.33. The van der Waals surface area contributed by atoms with Crippen LogP contribution in [0.1, 0.15) is 11.1 Å². The van der Waals surface area contributed by atoms with Crippen LogP contribution in [0.15, 0.2) is 71.8 Å². The van der Waals surface area contributed by atoms with Crippen LogP contribution < -0.4 is 14.9 Å². The molecule has 0 unspecified atom stereocenters. The third kappa shape index (κ3) is 5.46. The summed E-state index contributed by atoms with van der Waals surface area (Å²) in [4.78, 5) is 0. The van der Waals surface area contributed by atoms with E-state index >= 15 is 0 Å². The molecule has 0 radical (unpaired) electrons. The molecule has 0 aromatic heterocycles. The molecule has 0 aliphatic heterocycles. The summed E-state index contributed by atoms with van der Waals surface area (Å²) in [6.07, 6.45) is 1.65. The highest BCUT2D eigenvalue weighted by Crippen LogP contribution is 2.28. The van der Waals surface area contributed by atoms with Crippen LogP contribution in [0.4, 0.5) is 10.1 Å². The highest BCUT2D eigenvalue weighted by atomic mass is 35.5. The summed E-state index contributed by atoms with van der Waals surface area (Å²) in [7, 11) is 1.59. The topological polar surface area (TPSA) is 42.8 Å². The summed E-state index contributed by atoms with van der Waals surface area (Å²) >= 11 is 5.89. The van der Waals surface area contributed by atoms with Crippen molar-refractivity contribution in [3.8, 4) is 11.5 Å². The second kappa shape index (κ2) is 9.05. The molecule has 0 atom stereocenters. The molecule has 3 aromatic rings. The molecule has 138 valence electrons. The number of anilines is 1. The zero-order chi connectivity index (χ0) is 19.1. The number of ether oxygens (including phenoxy) is 2. The van der Waals surface area contributed by atoms with Crippen molar-refractivity contribution >= 4 is 23.5 Å². The SMILES string of the molecule is COc1cc(C=NNc2ccc(F)cc2)ccc1OCc1ccc(Cl)cc1. The van der Waals surface area contributed by atoms with E-state index in [1.807, 2.05) is 42.5 Å². The molecule has 0 aliphatic rings. The maximum Gasteiger partial charge on any atom is 0.161 e. The molecule has 3 aromatic carbocycles. The molecule has 0 aliphatic carbocycles. The third-order valence-electron chi connectivity index (χ3n) is 3.75. The van der Waals surface area contributed by atoms with Crippen molar-refractivity contribution in [1.29, 1.82) is 0 Å². The molecule has 0 bridgehead atoms. The van der Waals surface area contributed by atoms with Crippen molar-refractivity contribution in [2.75, 3.05) is 12.5 Å². The first-order chi connectivity index (χ1) is 13.1. The molecule has 6 heteroatoms. The Hall–Kier alpha value is -3.05. The summed E-state index contributed by atoms with van der Waals surface area (Å²) in [5.74, 6) is 0.953. The van der Waals surface area contributed by atoms with E-state index in [-0.39, 0.29) is 5.82 Å². The smallest absolute Gasteiger partial charge is 0.161 e. The zero-order valence-electron chi connectivity index (χ0n) is 14.7. The first kappa shape index (κ1) is 18.7. The van der Waals surface area contributed by atoms with Crippen LogP contribution in [-0.4, -0.2) is 13.3 Å². The Bertz CT molecular complexity index is 912. The van der Waals surface area contributed by atoms with Crippen LogP contribution in [0.25, 0.3) is 0 Å². The highest BCUT2D eigenvalue weighted by molar-refractivity contribution is 6.30. The Kier molecular flexibility index (Phi) is 6.28. The Labute approximate surface area is 162 Å². The van der Waals surface area contributed by atoms with E-state index in [9.17, 15) is 4.39 Å². The van der Waals surface area contributed by atoms with Crippen molar-refractivity contribution in [2.45, 2.75) is 6.61 Å². The molecule has 0 heterocycles. The van der Waals surface area contributed by atoms with Gasteiger partial charge in [0.1, 0.15) is 12.4 Å². The molecule has 4 nitrogen and oxygen atoms in total. The molecule has 0 amide bonds. The molecular weight excluding hydrogens is 367 g/mol. The lowest BCUT2D eigenvalue weighted by molar-refractivity contribution is 0.284. The van der Waals surface area contributed by atoms with Gasteiger partial charge in [-0.25, -0.2) is 4.39 Å². The van der Waals surface area contributed by atoms with Crippen molar-refractivity contribution < 1.29 is 13.9 Å². The molecular formula is C21H18ClFN2O2. The number of halogens is 2. The zero-order valence-corrected chi connectivity index (χ0v) is 15.4. The number of nitrogens with zero attached hydrogens (tertiary/aromatic N) is 1. The Morgan fingerprint density at radius 2 is 1.74 bits per heavy atom. The minimum Gasteiger partial charge on any atom is -0.493 e. The van der Waals surface area contributed by atoms with Crippen LogP contribution in [0.5, 0.6) is 11.5 Å². The average molecular weight is 385 g/mol. The lowest BCUT2D eigenvalue weighted by Crippen LogP contribution is -1.98. The van der Waals surface area contributed by atoms with Gasteiger partial charge in [-0.3, -0.25) is 5.43 Å². The fourth-order valence-corrected chi connectivity index (χ4v) is 2.46. The monoisotopic (exact) mass is 384 g/mol. The van der Waals surface area contributed by atoms with Crippen LogP contribution in [0.3, 0.4) is 0 Å². The lowest BCUT2D eigenvalue weighted by atomic mass is 10.2. The standard InChI is InChI=1S/C21H18ClFN2O2/c1-26-21-12-16(13-24-25-19-9-7-18(23)8-10-19)4-11-20(21)27-14-15-2-5-17(22)6-3-15/h2-13,25H,14H2,1H3. The van der Waals surface area contributed by atoms with Gasteiger partial charge in [-0.05, 0) is 65.7 Å². The average Bonchev–Trinajstić information content (AvgIpc) is 2.69. The third-order valence-corrected chi connectivity index (χ3v) is 4.00. The number of nitrogens with one attached hydrogen (secondary N) is 1. The van der Waals surface area contributed by atoms with E-state index in [0.717, 1.165) is 11.1 Å². The number of hydrogen-bond acceptors (Lipinski definition) is 4. The molecule has 1 N–H and O–H groups in total. The summed E-state index contributed by atoms with van der Waals surface area (Å²) in [6.45, 7) is 0.410. The second-order valence-corrected chi connectivity index (χ2v) is 6.14. The van der Waals surface area contributed by atoms with Crippen molar-refractivity contribution in [3.63, 3.8) is 0 Å². The quantitative estimate of drug-likeness (QED) is 0.431. The van der Waals surface area contributed by atoms with Gasteiger partial charge in [0, 0.05) is 5.02 Å². The molecule has 3 rings (SSSR count). The van der Waals surface area contributed by atoms with Gasteiger partial charge in [0.2, 0.25) is 0 Å². The molecule has 0 saturated heterocycles. The maximum atomic E-state index is 12.9. The predicted molar refractivity (Wildman–Crippen MR) is 106 cm³/mol. The van der Waals surface area contributed by atoms with E-state index in [4.69, 9.17) is 21.1 Å².